The van der Waals surface area contributed by atoms with Crippen LogP contribution in [0.25, 0.3) is 11.1 Å². The monoisotopic (exact) mass is 380 g/mol. The van der Waals surface area contributed by atoms with E-state index >= 15 is 0 Å². The molecule has 1 heterocycles. The van der Waals surface area contributed by atoms with Crippen molar-refractivity contribution in [3.8, 4) is 11.1 Å². The Bertz CT molecular complexity index is 1060. The molecule has 3 rings (SSSR count). The number of hydrogen-bond donors (Lipinski definition) is 1. The van der Waals surface area contributed by atoms with Crippen LogP contribution in [0.15, 0.2) is 65.8 Å². The molecule has 0 unspecified atom stereocenters. The molecule has 0 bridgehead atoms. The number of rotatable bonds is 5. The molecule has 0 amide bonds. The lowest BCUT2D eigenvalue weighted by molar-refractivity contribution is 0.601. The average molecular weight is 381 g/mol. The normalized spacial score (nSPS) is 11.6. The number of pyridine rings is 1. The van der Waals surface area contributed by atoms with Crippen LogP contribution in [0.2, 0.25) is 0 Å². The number of benzene rings is 2. The summed E-state index contributed by atoms with van der Waals surface area (Å²) in [6.07, 6.45) is 3.63. The Morgan fingerprint density at radius 1 is 0.926 bits per heavy atom. The Kier molecular flexibility index (Phi) is 5.33. The number of aromatic nitrogens is 1. The summed E-state index contributed by atoms with van der Waals surface area (Å²) in [6.45, 7) is 8.24. The first-order valence-corrected chi connectivity index (χ1v) is 10.4. The molecule has 5 heteroatoms. The standard InChI is InChI=1S/C22H24N2O2S/c1-15(2)22-17(4)19(20-14-23-13-12-16(20)3)10-11-21(22)24-27(25,26)18-8-6-5-7-9-18/h5-15,24H,1-4H3. The minimum Gasteiger partial charge on any atom is -0.279 e. The Balaban J connectivity index is 2.10. The molecule has 0 atom stereocenters. The summed E-state index contributed by atoms with van der Waals surface area (Å²) in [6, 6.07) is 14.2. The second kappa shape index (κ2) is 7.53. The van der Waals surface area contributed by atoms with Crippen LogP contribution in [0.5, 0.6) is 0 Å². The summed E-state index contributed by atoms with van der Waals surface area (Å²) in [4.78, 5) is 4.50. The highest BCUT2D eigenvalue weighted by Crippen LogP contribution is 2.36. The van der Waals surface area contributed by atoms with Crippen LogP contribution in [0.3, 0.4) is 0 Å². The van der Waals surface area contributed by atoms with E-state index in [1.807, 2.05) is 31.3 Å². The van der Waals surface area contributed by atoms with Crippen molar-refractivity contribution in [3.05, 3.63) is 77.6 Å². The van der Waals surface area contributed by atoms with Gasteiger partial charge >= 0.3 is 0 Å². The van der Waals surface area contributed by atoms with Crippen molar-refractivity contribution in [1.82, 2.24) is 4.98 Å². The maximum absolute atomic E-state index is 12.8. The Hall–Kier alpha value is -2.66. The molecule has 140 valence electrons. The number of hydrogen-bond acceptors (Lipinski definition) is 3. The molecule has 1 N–H and O–H groups in total. The maximum Gasteiger partial charge on any atom is 0.261 e. The molecule has 0 fully saturated rings. The summed E-state index contributed by atoms with van der Waals surface area (Å²) < 4.78 is 28.3. The van der Waals surface area contributed by atoms with Gasteiger partial charge in [0.1, 0.15) is 0 Å². The van der Waals surface area contributed by atoms with Crippen molar-refractivity contribution in [3.63, 3.8) is 0 Å². The Labute approximate surface area is 161 Å². The fourth-order valence-corrected chi connectivity index (χ4v) is 4.50. The first kappa shape index (κ1) is 19.1. The summed E-state index contributed by atoms with van der Waals surface area (Å²) in [5.41, 5.74) is 5.96. The van der Waals surface area contributed by atoms with Crippen molar-refractivity contribution in [1.29, 1.82) is 0 Å². The van der Waals surface area contributed by atoms with Gasteiger partial charge in [-0.2, -0.15) is 0 Å². The van der Waals surface area contributed by atoms with Crippen LogP contribution in [-0.4, -0.2) is 13.4 Å². The fourth-order valence-electron chi connectivity index (χ4n) is 3.40. The summed E-state index contributed by atoms with van der Waals surface area (Å²) in [5, 5.41) is 0. The zero-order valence-corrected chi connectivity index (χ0v) is 16.8. The van der Waals surface area contributed by atoms with Crippen molar-refractivity contribution in [2.24, 2.45) is 0 Å². The number of nitrogens with one attached hydrogen (secondary N) is 1. The van der Waals surface area contributed by atoms with Crippen molar-refractivity contribution in [2.75, 3.05) is 4.72 Å². The molecule has 1 aromatic heterocycles. The Morgan fingerprint density at radius 3 is 2.26 bits per heavy atom. The van der Waals surface area contributed by atoms with Crippen molar-refractivity contribution < 1.29 is 8.42 Å². The molecule has 3 aromatic rings. The van der Waals surface area contributed by atoms with E-state index < -0.39 is 10.0 Å². The largest absolute Gasteiger partial charge is 0.279 e. The lowest BCUT2D eigenvalue weighted by Crippen LogP contribution is -2.15. The zero-order valence-electron chi connectivity index (χ0n) is 16.0. The van der Waals surface area contributed by atoms with Crippen LogP contribution in [-0.2, 0) is 10.0 Å². The number of anilines is 1. The predicted octanol–water partition coefficient (Wildman–Crippen LogP) is 5.29. The van der Waals surface area contributed by atoms with Crippen LogP contribution in [0.1, 0.15) is 36.5 Å². The third kappa shape index (κ3) is 3.88. The van der Waals surface area contributed by atoms with Crippen LogP contribution < -0.4 is 4.72 Å². The number of aryl methyl sites for hydroxylation is 1. The van der Waals surface area contributed by atoms with E-state index in [2.05, 4.69) is 30.5 Å². The van der Waals surface area contributed by atoms with E-state index in [-0.39, 0.29) is 10.8 Å². The van der Waals surface area contributed by atoms with Gasteiger partial charge in [-0.25, -0.2) is 8.42 Å². The van der Waals surface area contributed by atoms with Gasteiger partial charge < -0.3 is 0 Å². The molecular formula is C22H24N2O2S. The highest BCUT2D eigenvalue weighted by molar-refractivity contribution is 7.92. The van der Waals surface area contributed by atoms with Gasteiger partial charge in [-0.1, -0.05) is 38.1 Å². The van der Waals surface area contributed by atoms with Gasteiger partial charge in [-0.3, -0.25) is 9.71 Å². The summed E-state index contributed by atoms with van der Waals surface area (Å²) >= 11 is 0. The van der Waals surface area contributed by atoms with E-state index in [4.69, 9.17) is 0 Å². The van der Waals surface area contributed by atoms with Crippen molar-refractivity contribution >= 4 is 15.7 Å². The van der Waals surface area contributed by atoms with E-state index in [0.717, 1.165) is 27.8 Å². The second-order valence-electron chi connectivity index (χ2n) is 6.96. The quantitative estimate of drug-likeness (QED) is 0.654. The van der Waals surface area contributed by atoms with Gasteiger partial charge in [0.25, 0.3) is 10.0 Å². The van der Waals surface area contributed by atoms with Gasteiger partial charge in [0.05, 0.1) is 10.6 Å². The smallest absolute Gasteiger partial charge is 0.261 e. The van der Waals surface area contributed by atoms with Crippen molar-refractivity contribution in [2.45, 2.75) is 38.5 Å². The summed E-state index contributed by atoms with van der Waals surface area (Å²) in [5.74, 6) is 0.162. The Morgan fingerprint density at radius 2 is 1.63 bits per heavy atom. The van der Waals surface area contributed by atoms with Gasteiger partial charge in [-0.15, -0.1) is 0 Å². The first-order chi connectivity index (χ1) is 12.8. The number of sulfonamides is 1. The van der Waals surface area contributed by atoms with E-state index in [0.29, 0.717) is 5.69 Å². The van der Waals surface area contributed by atoms with Gasteiger partial charge in [0.2, 0.25) is 0 Å². The lowest BCUT2D eigenvalue weighted by atomic mass is 9.89. The SMILES string of the molecule is Cc1ccncc1-c1ccc(NS(=O)(=O)c2ccccc2)c(C(C)C)c1C. The minimum atomic E-state index is -3.63. The second-order valence-corrected chi connectivity index (χ2v) is 8.65. The third-order valence-electron chi connectivity index (χ3n) is 4.72. The molecule has 0 aliphatic carbocycles. The van der Waals surface area contributed by atoms with Gasteiger partial charge in [-0.05, 0) is 66.3 Å². The van der Waals surface area contributed by atoms with E-state index in [9.17, 15) is 8.42 Å². The predicted molar refractivity (Wildman–Crippen MR) is 110 cm³/mol. The molecule has 0 aliphatic rings. The van der Waals surface area contributed by atoms with Crippen LogP contribution >= 0.6 is 0 Å². The molecule has 27 heavy (non-hydrogen) atoms. The van der Waals surface area contributed by atoms with E-state index in [1.54, 1.807) is 36.5 Å². The molecule has 0 saturated carbocycles. The fraction of sp³-hybridized carbons (Fsp3) is 0.227. The lowest BCUT2D eigenvalue weighted by Gasteiger charge is -2.21. The highest BCUT2D eigenvalue weighted by atomic mass is 32.2. The minimum absolute atomic E-state index is 0.162. The first-order valence-electron chi connectivity index (χ1n) is 8.93. The van der Waals surface area contributed by atoms with E-state index in [1.165, 1.54) is 0 Å². The highest BCUT2D eigenvalue weighted by Gasteiger charge is 2.20. The average Bonchev–Trinajstić information content (AvgIpc) is 2.63. The molecular weight excluding hydrogens is 356 g/mol. The third-order valence-corrected chi connectivity index (χ3v) is 6.10. The molecule has 0 spiro atoms. The van der Waals surface area contributed by atoms with Crippen LogP contribution in [0.4, 0.5) is 5.69 Å². The maximum atomic E-state index is 12.8. The van der Waals surface area contributed by atoms with Gasteiger partial charge in [0, 0.05) is 18.0 Å². The molecule has 2 aromatic carbocycles. The number of nitrogens with zero attached hydrogens (tertiary/aromatic N) is 1. The molecule has 4 nitrogen and oxygen atoms in total. The summed E-state index contributed by atoms with van der Waals surface area (Å²) in [7, 11) is -3.63. The molecule has 0 radical (unpaired) electrons. The topological polar surface area (TPSA) is 59.1 Å². The zero-order chi connectivity index (χ0) is 19.6. The van der Waals surface area contributed by atoms with Crippen LogP contribution in [0, 0.1) is 13.8 Å². The van der Waals surface area contributed by atoms with Gasteiger partial charge in [0.15, 0.2) is 0 Å². The molecule has 0 saturated heterocycles. The molecule has 0 aliphatic heterocycles.